The summed E-state index contributed by atoms with van der Waals surface area (Å²) in [7, 11) is -2.84. The monoisotopic (exact) mass is 580 g/mol. The van der Waals surface area contributed by atoms with Crippen molar-refractivity contribution in [1.29, 1.82) is 0 Å². The molecule has 4 heterocycles. The Bertz CT molecular complexity index is 1400. The number of nitrogens with two attached hydrogens (primary N) is 1. The van der Waals surface area contributed by atoms with Crippen LogP contribution in [-0.4, -0.2) is 93.6 Å². The van der Waals surface area contributed by atoms with E-state index in [1.807, 2.05) is 0 Å². The van der Waals surface area contributed by atoms with Crippen LogP contribution in [0.15, 0.2) is 47.8 Å². The van der Waals surface area contributed by atoms with Gasteiger partial charge in [0.25, 0.3) is 12.3 Å². The summed E-state index contributed by atoms with van der Waals surface area (Å²) in [5.41, 5.74) is 6.10. The second-order valence-electron chi connectivity index (χ2n) is 9.10. The molecule has 208 valence electrons. The third-order valence-electron chi connectivity index (χ3n) is 6.70. The Morgan fingerprint density at radius 3 is 2.82 bits per heavy atom. The molecule has 2 aromatic heterocycles. The molecule has 0 aliphatic carbocycles. The highest BCUT2D eigenvalue weighted by Gasteiger charge is 2.53. The minimum atomic E-state index is -4.24. The van der Waals surface area contributed by atoms with E-state index in [0.29, 0.717) is 28.6 Å². The number of aliphatic hydroxyl groups is 1. The Labute approximate surface area is 228 Å². The van der Waals surface area contributed by atoms with Gasteiger partial charge >= 0.3 is 7.75 Å². The van der Waals surface area contributed by atoms with Crippen LogP contribution < -0.4 is 26.5 Å². The van der Waals surface area contributed by atoms with Gasteiger partial charge in [0.15, 0.2) is 5.95 Å². The first-order valence-electron chi connectivity index (χ1n) is 12.0. The molecule has 0 radical (unpaired) electrons. The van der Waals surface area contributed by atoms with E-state index >= 15 is 0 Å². The van der Waals surface area contributed by atoms with Gasteiger partial charge in [0.1, 0.15) is 42.7 Å². The van der Waals surface area contributed by atoms with Crippen molar-refractivity contribution in [2.24, 2.45) is 0 Å². The second kappa shape index (κ2) is 11.3. The number of methoxy groups -OCH3 is 1. The lowest BCUT2D eigenvalue weighted by Crippen LogP contribution is -2.51. The fraction of sp³-hybridized carbons (Fsp3) is 0.409. The Balaban J connectivity index is 1.32. The summed E-state index contributed by atoms with van der Waals surface area (Å²) in [4.78, 5) is 35.6. The van der Waals surface area contributed by atoms with Crippen LogP contribution in [-0.2, 0) is 18.6 Å². The number of hydrogen-bond acceptors (Lipinski definition) is 11. The summed E-state index contributed by atoms with van der Waals surface area (Å²) >= 11 is 5.92. The van der Waals surface area contributed by atoms with Crippen LogP contribution >= 0.6 is 19.3 Å². The lowest BCUT2D eigenvalue weighted by molar-refractivity contribution is -0.0290. The molecule has 0 spiro atoms. The van der Waals surface area contributed by atoms with Crippen molar-refractivity contribution in [2.45, 2.75) is 24.3 Å². The number of nitrogen functional groups attached to an aromatic ring is 1. The maximum Gasteiger partial charge on any atom is 0.437 e. The molecule has 2 aliphatic rings. The maximum absolute atomic E-state index is 12.9. The molecular weight excluding hydrogens is 554 g/mol. The highest BCUT2D eigenvalue weighted by Crippen LogP contribution is 2.44. The van der Waals surface area contributed by atoms with Crippen molar-refractivity contribution in [3.8, 4) is 5.75 Å². The number of aliphatic hydroxyl groups excluding tert-OH is 1. The first-order valence-corrected chi connectivity index (χ1v) is 13.9. The molecule has 5 rings (SSSR count). The number of nitrogens with one attached hydrogen (secondary N) is 1. The summed E-state index contributed by atoms with van der Waals surface area (Å²) in [6.07, 6.45) is 1.18. The van der Waals surface area contributed by atoms with E-state index in [9.17, 15) is 19.4 Å². The van der Waals surface area contributed by atoms with Gasteiger partial charge in [-0.15, -0.1) is 0 Å². The third kappa shape index (κ3) is 5.70. The predicted octanol–water partition coefficient (Wildman–Crippen LogP) is -0.310. The van der Waals surface area contributed by atoms with Crippen LogP contribution in [0.3, 0.4) is 0 Å². The van der Waals surface area contributed by atoms with Crippen molar-refractivity contribution in [3.63, 3.8) is 0 Å². The van der Waals surface area contributed by atoms with Gasteiger partial charge < -0.3 is 34.8 Å². The van der Waals surface area contributed by atoms with Gasteiger partial charge in [-0.1, -0.05) is 11.6 Å². The normalized spacial score (nSPS) is 24.1. The number of fused-ring (bicyclic) bond motifs is 1. The molecule has 0 amide bonds. The SMILES string of the molecule is CO[C@H]1[C@@H](O)[C@H](B2CN(CCOc3ccc(Cl)cc3)c3c2nc(N)[nH]c3=O)O[C@@H]1COP(=O)(O)n1ccnc1. The van der Waals surface area contributed by atoms with Crippen LogP contribution in [0.2, 0.25) is 5.02 Å². The number of H-pyrrole nitrogens is 1. The molecule has 17 heteroatoms. The van der Waals surface area contributed by atoms with Crippen LogP contribution in [0, 0.1) is 0 Å². The number of hydrogen-bond donors (Lipinski definition) is 4. The minimum Gasteiger partial charge on any atom is -0.492 e. The molecule has 3 aromatic rings. The molecule has 5 N–H and O–H groups in total. The molecule has 1 unspecified atom stereocenters. The van der Waals surface area contributed by atoms with E-state index < -0.39 is 44.3 Å². The highest BCUT2D eigenvalue weighted by molar-refractivity contribution is 7.51. The smallest absolute Gasteiger partial charge is 0.437 e. The van der Waals surface area contributed by atoms with Gasteiger partial charge in [-0.05, 0) is 24.3 Å². The first-order chi connectivity index (χ1) is 18.7. The van der Waals surface area contributed by atoms with E-state index in [-0.39, 0.29) is 25.6 Å². The number of aromatic nitrogens is 4. The molecule has 5 atom stereocenters. The van der Waals surface area contributed by atoms with Gasteiger partial charge in [-0.3, -0.25) is 14.3 Å². The van der Waals surface area contributed by atoms with E-state index in [1.54, 1.807) is 29.2 Å². The van der Waals surface area contributed by atoms with Gasteiger partial charge in [0, 0.05) is 36.6 Å². The van der Waals surface area contributed by atoms with Gasteiger partial charge in [0.05, 0.1) is 19.2 Å². The van der Waals surface area contributed by atoms with Crippen molar-refractivity contribution in [3.05, 3.63) is 58.4 Å². The largest absolute Gasteiger partial charge is 0.492 e. The number of halogens is 1. The predicted molar refractivity (Wildman–Crippen MR) is 143 cm³/mol. The summed E-state index contributed by atoms with van der Waals surface area (Å²) in [5.74, 6) is 0.553. The summed E-state index contributed by atoms with van der Waals surface area (Å²) in [6, 6.07) is 6.04. The zero-order chi connectivity index (χ0) is 27.7. The van der Waals surface area contributed by atoms with E-state index in [4.69, 9.17) is 36.1 Å². The molecule has 39 heavy (non-hydrogen) atoms. The summed E-state index contributed by atoms with van der Waals surface area (Å²) in [6.45, 7) is -0.320. The third-order valence-corrected chi connectivity index (χ3v) is 8.26. The average molecular weight is 581 g/mol. The van der Waals surface area contributed by atoms with E-state index in [1.165, 1.54) is 19.5 Å². The van der Waals surface area contributed by atoms with Crippen molar-refractivity contribution >= 4 is 43.3 Å². The fourth-order valence-electron chi connectivity index (χ4n) is 4.91. The molecule has 1 fully saturated rings. The highest BCUT2D eigenvalue weighted by atomic mass is 35.5. The lowest BCUT2D eigenvalue weighted by atomic mass is 9.43. The number of benzene rings is 1. The van der Waals surface area contributed by atoms with Gasteiger partial charge in [-0.25, -0.2) is 18.9 Å². The van der Waals surface area contributed by atoms with Crippen molar-refractivity contribution < 1.29 is 33.3 Å². The zero-order valence-corrected chi connectivity index (χ0v) is 22.4. The average Bonchev–Trinajstić information content (AvgIpc) is 3.62. The Hall–Kier alpha value is -2.91. The molecule has 0 saturated carbocycles. The van der Waals surface area contributed by atoms with Crippen LogP contribution in [0.5, 0.6) is 5.75 Å². The molecule has 1 aromatic carbocycles. The Morgan fingerprint density at radius 1 is 1.36 bits per heavy atom. The standard InChI is InChI=1S/C22H27BClN6O8P/c1-35-18-15(10-37-39(33,34)30-7-6-26-12-30)38-20(17(18)31)23-11-29(16-19(23)27-22(25)28-21(16)32)8-9-36-14-4-2-13(24)3-5-14/h2-7,12,15,17-18,20,31H,8-11H2,1H3,(H,33,34)(H3,25,27,28,32)/t15-,17-,18-,20-/m1/s1. The second-order valence-corrected chi connectivity index (χ2v) is 11.2. The molecule has 0 bridgehead atoms. The van der Waals surface area contributed by atoms with Crippen LogP contribution in [0.4, 0.5) is 11.6 Å². The minimum absolute atomic E-state index is 0.0692. The number of ether oxygens (including phenoxy) is 3. The first kappa shape index (κ1) is 27.7. The number of nitrogens with zero attached hydrogens (tertiary/aromatic N) is 4. The Kier molecular flexibility index (Phi) is 8.01. The quantitative estimate of drug-likeness (QED) is 0.181. The van der Waals surface area contributed by atoms with Crippen molar-refractivity contribution in [2.75, 3.05) is 43.9 Å². The number of imidazole rings is 1. The lowest BCUT2D eigenvalue weighted by Gasteiger charge is -2.22. The summed E-state index contributed by atoms with van der Waals surface area (Å²) < 4.78 is 36.2. The molecule has 1 saturated heterocycles. The number of rotatable bonds is 10. The Morgan fingerprint density at radius 2 is 2.13 bits per heavy atom. The number of aromatic amines is 1. The van der Waals surface area contributed by atoms with E-state index in [2.05, 4.69) is 15.0 Å². The zero-order valence-electron chi connectivity index (χ0n) is 20.8. The van der Waals surface area contributed by atoms with Gasteiger partial charge in [0.2, 0.25) is 0 Å². The van der Waals surface area contributed by atoms with Crippen molar-refractivity contribution in [1.82, 2.24) is 19.3 Å². The topological polar surface area (TPSA) is 187 Å². The molecule has 2 aliphatic heterocycles. The number of anilines is 2. The molecule has 14 nitrogen and oxygen atoms in total. The van der Waals surface area contributed by atoms with Gasteiger partial charge in [-0.2, -0.15) is 0 Å². The van der Waals surface area contributed by atoms with E-state index in [0.717, 1.165) is 10.7 Å². The fourth-order valence-corrected chi connectivity index (χ4v) is 5.93. The maximum atomic E-state index is 12.9. The van der Waals surface area contributed by atoms with Crippen LogP contribution in [0.25, 0.3) is 0 Å². The van der Waals surface area contributed by atoms with Crippen LogP contribution in [0.1, 0.15) is 0 Å². The molecular formula is C22H27BClN6O8P. The summed E-state index contributed by atoms with van der Waals surface area (Å²) in [5, 5.41) is 11.7.